The first kappa shape index (κ1) is 8.40. The summed E-state index contributed by atoms with van der Waals surface area (Å²) < 4.78 is 0. The van der Waals surface area contributed by atoms with Gasteiger partial charge in [0.25, 0.3) is 0 Å². The lowest BCUT2D eigenvalue weighted by molar-refractivity contribution is 0.287. The largest absolute Gasteiger partial charge is 0.359 e. The van der Waals surface area contributed by atoms with Crippen LogP contribution in [0.2, 0.25) is 0 Å². The molecule has 1 aliphatic rings. The summed E-state index contributed by atoms with van der Waals surface area (Å²) in [6.45, 7) is 5.01. The summed E-state index contributed by atoms with van der Waals surface area (Å²) in [6.07, 6.45) is 3.27. The predicted octanol–water partition coefficient (Wildman–Crippen LogP) is 0.401. The zero-order chi connectivity index (χ0) is 8.27. The molecule has 0 bridgehead atoms. The highest BCUT2D eigenvalue weighted by atomic mass is 15.3. The lowest BCUT2D eigenvalue weighted by Crippen LogP contribution is -2.25. The van der Waals surface area contributed by atoms with E-state index in [1.165, 1.54) is 5.70 Å². The van der Waals surface area contributed by atoms with Gasteiger partial charge in [-0.15, -0.1) is 0 Å². The summed E-state index contributed by atoms with van der Waals surface area (Å²) in [4.78, 5) is 4.53. The molecule has 0 amide bonds. The standard InChI is InChI=1S/C8H17N3/c1-8-6-11(5-3-4-9)7-10(8)2/h6H,3-5,7,9H2,1-2H3. The molecule has 1 rings (SSSR count). The molecular weight excluding hydrogens is 138 g/mol. The van der Waals surface area contributed by atoms with Gasteiger partial charge in [0, 0.05) is 25.5 Å². The number of hydrogen-bond donors (Lipinski definition) is 1. The molecule has 0 unspecified atom stereocenters. The Morgan fingerprint density at radius 3 is 2.82 bits per heavy atom. The molecule has 1 aliphatic heterocycles. The lowest BCUT2D eigenvalue weighted by Gasteiger charge is -2.17. The SMILES string of the molecule is CC1=CN(CCCN)CN1C. The zero-order valence-corrected chi connectivity index (χ0v) is 7.38. The van der Waals surface area contributed by atoms with Crippen molar-refractivity contribution in [3.05, 3.63) is 11.9 Å². The molecule has 0 radical (unpaired) electrons. The number of nitrogens with zero attached hydrogens (tertiary/aromatic N) is 2. The van der Waals surface area contributed by atoms with Crippen molar-refractivity contribution in [3.63, 3.8) is 0 Å². The minimum absolute atomic E-state index is 0.785. The summed E-state index contributed by atoms with van der Waals surface area (Å²) in [5, 5.41) is 0. The van der Waals surface area contributed by atoms with Crippen LogP contribution in [-0.2, 0) is 0 Å². The van der Waals surface area contributed by atoms with Gasteiger partial charge < -0.3 is 15.5 Å². The second-order valence-corrected chi connectivity index (χ2v) is 3.06. The highest BCUT2D eigenvalue weighted by Crippen LogP contribution is 2.11. The van der Waals surface area contributed by atoms with Gasteiger partial charge in [-0.25, -0.2) is 0 Å². The van der Waals surface area contributed by atoms with Crippen molar-refractivity contribution >= 4 is 0 Å². The van der Waals surface area contributed by atoms with E-state index in [9.17, 15) is 0 Å². The highest BCUT2D eigenvalue weighted by Gasteiger charge is 2.11. The molecule has 0 saturated heterocycles. The van der Waals surface area contributed by atoms with Crippen LogP contribution in [0, 0.1) is 0 Å². The van der Waals surface area contributed by atoms with E-state index < -0.39 is 0 Å². The van der Waals surface area contributed by atoms with Gasteiger partial charge in [-0.2, -0.15) is 0 Å². The Labute approximate surface area is 68.5 Å². The van der Waals surface area contributed by atoms with E-state index >= 15 is 0 Å². The van der Waals surface area contributed by atoms with E-state index in [-0.39, 0.29) is 0 Å². The Morgan fingerprint density at radius 2 is 2.36 bits per heavy atom. The average Bonchev–Trinajstić information content (AvgIpc) is 2.28. The van der Waals surface area contributed by atoms with Crippen LogP contribution in [-0.4, -0.2) is 36.6 Å². The second-order valence-electron chi connectivity index (χ2n) is 3.06. The Hall–Kier alpha value is -0.700. The number of nitrogens with two attached hydrogens (primary N) is 1. The summed E-state index contributed by atoms with van der Waals surface area (Å²) in [5.41, 5.74) is 6.75. The maximum absolute atomic E-state index is 5.41. The summed E-state index contributed by atoms with van der Waals surface area (Å²) in [6, 6.07) is 0. The molecule has 0 atom stereocenters. The highest BCUT2D eigenvalue weighted by molar-refractivity contribution is 5.01. The summed E-state index contributed by atoms with van der Waals surface area (Å²) in [5.74, 6) is 0. The molecule has 3 heteroatoms. The maximum atomic E-state index is 5.41. The van der Waals surface area contributed by atoms with Crippen LogP contribution >= 0.6 is 0 Å². The first-order chi connectivity index (χ1) is 5.24. The molecule has 0 spiro atoms. The fraction of sp³-hybridized carbons (Fsp3) is 0.750. The molecule has 1 heterocycles. The van der Waals surface area contributed by atoms with Gasteiger partial charge in [0.1, 0.15) is 0 Å². The molecule has 0 aromatic rings. The van der Waals surface area contributed by atoms with Gasteiger partial charge >= 0.3 is 0 Å². The first-order valence-corrected chi connectivity index (χ1v) is 4.07. The van der Waals surface area contributed by atoms with Crippen LogP contribution in [0.3, 0.4) is 0 Å². The van der Waals surface area contributed by atoms with E-state index in [1.54, 1.807) is 0 Å². The molecule has 64 valence electrons. The number of allylic oxidation sites excluding steroid dienone is 1. The third-order valence-corrected chi connectivity index (χ3v) is 2.01. The van der Waals surface area contributed by atoms with Crippen molar-refractivity contribution in [2.24, 2.45) is 5.73 Å². The van der Waals surface area contributed by atoms with E-state index in [4.69, 9.17) is 5.73 Å². The zero-order valence-electron chi connectivity index (χ0n) is 7.38. The molecule has 0 saturated carbocycles. The minimum Gasteiger partial charge on any atom is -0.359 e. The van der Waals surface area contributed by atoms with Crippen LogP contribution in [0.5, 0.6) is 0 Å². The van der Waals surface area contributed by atoms with Crippen molar-refractivity contribution in [1.82, 2.24) is 9.80 Å². The normalized spacial score (nSPS) is 17.5. The minimum atomic E-state index is 0.785. The van der Waals surface area contributed by atoms with Gasteiger partial charge in [0.2, 0.25) is 0 Å². The Balaban J connectivity index is 2.29. The Morgan fingerprint density at radius 1 is 1.64 bits per heavy atom. The smallest absolute Gasteiger partial charge is 0.0893 e. The fourth-order valence-corrected chi connectivity index (χ4v) is 1.22. The fourth-order valence-electron chi connectivity index (χ4n) is 1.22. The predicted molar refractivity (Wildman–Crippen MR) is 46.8 cm³/mol. The Kier molecular flexibility index (Phi) is 2.76. The first-order valence-electron chi connectivity index (χ1n) is 4.07. The molecule has 0 fully saturated rings. The van der Waals surface area contributed by atoms with Crippen LogP contribution in [0.1, 0.15) is 13.3 Å². The van der Waals surface area contributed by atoms with Crippen LogP contribution in [0.4, 0.5) is 0 Å². The molecule has 0 aromatic heterocycles. The van der Waals surface area contributed by atoms with Crippen molar-refractivity contribution in [2.75, 3.05) is 26.8 Å². The van der Waals surface area contributed by atoms with Crippen LogP contribution in [0.15, 0.2) is 11.9 Å². The average molecular weight is 155 g/mol. The Bertz CT molecular complexity index is 153. The van der Waals surface area contributed by atoms with Gasteiger partial charge in [-0.3, -0.25) is 0 Å². The quantitative estimate of drug-likeness (QED) is 0.640. The molecule has 11 heavy (non-hydrogen) atoms. The molecule has 3 nitrogen and oxygen atoms in total. The van der Waals surface area contributed by atoms with Gasteiger partial charge in [0.15, 0.2) is 0 Å². The van der Waals surface area contributed by atoms with Gasteiger partial charge in [-0.1, -0.05) is 0 Å². The molecular formula is C8H17N3. The van der Waals surface area contributed by atoms with Crippen LogP contribution < -0.4 is 5.73 Å². The lowest BCUT2D eigenvalue weighted by atomic mass is 10.4. The maximum Gasteiger partial charge on any atom is 0.0893 e. The summed E-state index contributed by atoms with van der Waals surface area (Å²) in [7, 11) is 2.11. The van der Waals surface area contributed by atoms with Crippen molar-refractivity contribution in [3.8, 4) is 0 Å². The third kappa shape index (κ3) is 2.12. The van der Waals surface area contributed by atoms with E-state index in [0.717, 1.165) is 26.2 Å². The molecule has 2 N–H and O–H groups in total. The van der Waals surface area contributed by atoms with E-state index in [1.807, 2.05) is 0 Å². The number of hydrogen-bond acceptors (Lipinski definition) is 3. The van der Waals surface area contributed by atoms with Crippen molar-refractivity contribution in [2.45, 2.75) is 13.3 Å². The summed E-state index contributed by atoms with van der Waals surface area (Å²) >= 11 is 0. The number of rotatable bonds is 3. The molecule has 0 aliphatic carbocycles. The monoisotopic (exact) mass is 155 g/mol. The molecule has 0 aromatic carbocycles. The van der Waals surface area contributed by atoms with E-state index in [2.05, 4.69) is 30.0 Å². The van der Waals surface area contributed by atoms with Crippen molar-refractivity contribution in [1.29, 1.82) is 0 Å². The van der Waals surface area contributed by atoms with Crippen LogP contribution in [0.25, 0.3) is 0 Å². The third-order valence-electron chi connectivity index (χ3n) is 2.01. The second kappa shape index (κ2) is 3.62. The topological polar surface area (TPSA) is 32.5 Å². The van der Waals surface area contributed by atoms with E-state index in [0.29, 0.717) is 0 Å². The van der Waals surface area contributed by atoms with Crippen molar-refractivity contribution < 1.29 is 0 Å². The van der Waals surface area contributed by atoms with Gasteiger partial charge in [-0.05, 0) is 19.9 Å². The van der Waals surface area contributed by atoms with Gasteiger partial charge in [0.05, 0.1) is 6.67 Å².